The molecule has 1 atom stereocenters. The van der Waals surface area contributed by atoms with Crippen molar-refractivity contribution in [3.63, 3.8) is 0 Å². The molecule has 0 aromatic carbocycles. The summed E-state index contributed by atoms with van der Waals surface area (Å²) in [6, 6.07) is 0. The molecule has 5 nitrogen and oxygen atoms in total. The number of carbonyl (C=O) groups excluding carboxylic acids is 1. The largest absolute Gasteiger partial charge is 0.458 e. The third-order valence-corrected chi connectivity index (χ3v) is 0.828. The zero-order valence-electron chi connectivity index (χ0n) is 5.95. The van der Waals surface area contributed by atoms with Crippen molar-refractivity contribution in [2.24, 2.45) is 0 Å². The van der Waals surface area contributed by atoms with Crippen LogP contribution in [0.3, 0.4) is 0 Å². The molecule has 0 aliphatic rings. The molecule has 0 bridgehead atoms. The van der Waals surface area contributed by atoms with Gasteiger partial charge in [-0.05, 0) is 6.42 Å². The molecule has 6 heteroatoms. The van der Waals surface area contributed by atoms with Crippen molar-refractivity contribution in [3.05, 3.63) is 10.1 Å². The highest BCUT2D eigenvalue weighted by Crippen LogP contribution is 1.95. The van der Waals surface area contributed by atoms with E-state index in [0.29, 0.717) is 6.42 Å². The lowest BCUT2D eigenvalue weighted by Crippen LogP contribution is -2.26. The van der Waals surface area contributed by atoms with E-state index in [-0.39, 0.29) is 6.61 Å². The number of alkyl halides is 1. The minimum absolute atomic E-state index is 0.00704. The lowest BCUT2D eigenvalue weighted by atomic mass is 10.5. The first-order valence-corrected chi connectivity index (χ1v) is 3.03. The van der Waals surface area contributed by atoms with Gasteiger partial charge in [-0.2, -0.15) is 4.39 Å². The van der Waals surface area contributed by atoms with Crippen molar-refractivity contribution in [3.8, 4) is 0 Å². The molecule has 0 rings (SSSR count). The molecule has 0 aromatic rings. The van der Waals surface area contributed by atoms with Gasteiger partial charge in [-0.15, -0.1) is 0 Å². The summed E-state index contributed by atoms with van der Waals surface area (Å²) in [5, 5.41) is 9.63. The Balaban J connectivity index is 3.74. The van der Waals surface area contributed by atoms with E-state index in [0.717, 1.165) is 0 Å². The number of ether oxygens (including phenoxy) is 1. The third kappa shape index (κ3) is 3.49. The lowest BCUT2D eigenvalue weighted by molar-refractivity contribution is -0.539. The third-order valence-electron chi connectivity index (χ3n) is 0.828. The molecule has 0 saturated heterocycles. The maximum Gasteiger partial charge on any atom is 0.445 e. The summed E-state index contributed by atoms with van der Waals surface area (Å²) in [7, 11) is 0. The van der Waals surface area contributed by atoms with Crippen LogP contribution < -0.4 is 0 Å². The fourth-order valence-corrected chi connectivity index (χ4v) is 0.357. The molecule has 0 aliphatic heterocycles. The maximum absolute atomic E-state index is 12.1. The van der Waals surface area contributed by atoms with E-state index in [9.17, 15) is 19.3 Å². The topological polar surface area (TPSA) is 69.4 Å². The summed E-state index contributed by atoms with van der Waals surface area (Å²) < 4.78 is 16.2. The van der Waals surface area contributed by atoms with E-state index in [1.165, 1.54) is 0 Å². The van der Waals surface area contributed by atoms with E-state index in [2.05, 4.69) is 4.74 Å². The number of hydrogen-bond acceptors (Lipinski definition) is 4. The minimum Gasteiger partial charge on any atom is -0.458 e. The van der Waals surface area contributed by atoms with Gasteiger partial charge in [-0.25, -0.2) is 4.79 Å². The molecule has 0 saturated carbocycles. The van der Waals surface area contributed by atoms with Crippen LogP contribution in [-0.2, 0) is 9.53 Å². The van der Waals surface area contributed by atoms with Crippen molar-refractivity contribution in [1.82, 2.24) is 0 Å². The Bertz CT molecular complexity index is 161. The van der Waals surface area contributed by atoms with E-state index < -0.39 is 17.2 Å². The Morgan fingerprint density at radius 3 is 2.73 bits per heavy atom. The Hall–Kier alpha value is -1.20. The fraction of sp³-hybridized carbons (Fsp3) is 0.800. The number of carbonyl (C=O) groups is 1. The van der Waals surface area contributed by atoms with Gasteiger partial charge in [0.2, 0.25) is 0 Å². The zero-order valence-corrected chi connectivity index (χ0v) is 5.95. The maximum atomic E-state index is 12.1. The molecule has 1 unspecified atom stereocenters. The highest BCUT2D eigenvalue weighted by molar-refractivity contribution is 5.72. The number of hydrogen-bond donors (Lipinski definition) is 0. The molecule has 0 heterocycles. The number of nitro groups is 1. The zero-order chi connectivity index (χ0) is 8.85. The summed E-state index contributed by atoms with van der Waals surface area (Å²) in [5.74, 6) is -1.43. The molecule has 0 amide bonds. The molecule has 0 spiro atoms. The molecule has 64 valence electrons. The van der Waals surface area contributed by atoms with E-state index >= 15 is 0 Å². The molecule has 11 heavy (non-hydrogen) atoms. The van der Waals surface area contributed by atoms with Crippen LogP contribution in [0.25, 0.3) is 0 Å². The van der Waals surface area contributed by atoms with Gasteiger partial charge in [-0.3, -0.25) is 10.1 Å². The van der Waals surface area contributed by atoms with Gasteiger partial charge in [0.05, 0.1) is 11.5 Å². The van der Waals surface area contributed by atoms with Crippen LogP contribution in [0.5, 0.6) is 0 Å². The van der Waals surface area contributed by atoms with Gasteiger partial charge in [0, 0.05) is 0 Å². The normalized spacial score (nSPS) is 12.2. The molecule has 0 aliphatic carbocycles. The van der Waals surface area contributed by atoms with Crippen molar-refractivity contribution in [2.45, 2.75) is 19.6 Å². The first-order valence-electron chi connectivity index (χ1n) is 3.03. The average Bonchev–Trinajstić information content (AvgIpc) is 1.98. The van der Waals surface area contributed by atoms with Gasteiger partial charge in [-0.1, -0.05) is 6.92 Å². The van der Waals surface area contributed by atoms with Crippen molar-refractivity contribution in [2.75, 3.05) is 6.61 Å². The van der Waals surface area contributed by atoms with Crippen LogP contribution in [-0.4, -0.2) is 23.8 Å². The van der Waals surface area contributed by atoms with E-state index in [1.807, 2.05) is 0 Å². The van der Waals surface area contributed by atoms with Crippen LogP contribution in [0.15, 0.2) is 0 Å². The lowest BCUT2D eigenvalue weighted by Gasteiger charge is -2.00. The SMILES string of the molecule is CCCOC(=O)C(F)[N+](=O)[O-]. The molecule has 0 N–H and O–H groups in total. The summed E-state index contributed by atoms with van der Waals surface area (Å²) in [6.45, 7) is 1.71. The van der Waals surface area contributed by atoms with Gasteiger partial charge in [0.15, 0.2) is 0 Å². The second-order valence-electron chi connectivity index (χ2n) is 1.79. The summed E-state index contributed by atoms with van der Waals surface area (Å²) in [5.41, 5.74) is 0. The molecule has 0 aromatic heterocycles. The minimum atomic E-state index is -2.75. The van der Waals surface area contributed by atoms with Crippen molar-refractivity contribution in [1.29, 1.82) is 0 Å². The molecule has 0 fully saturated rings. The summed E-state index contributed by atoms with van der Waals surface area (Å²) in [4.78, 5) is 18.6. The number of nitrogens with zero attached hydrogens (tertiary/aromatic N) is 1. The van der Waals surface area contributed by atoms with Crippen LogP contribution in [0.1, 0.15) is 13.3 Å². The summed E-state index contributed by atoms with van der Waals surface area (Å²) >= 11 is 0. The fourth-order valence-electron chi connectivity index (χ4n) is 0.357. The molecular formula is C5H8FNO4. The second kappa shape index (κ2) is 4.59. The highest BCUT2D eigenvalue weighted by atomic mass is 19.1. The Morgan fingerprint density at radius 2 is 2.36 bits per heavy atom. The van der Waals surface area contributed by atoms with E-state index in [1.54, 1.807) is 6.92 Å². The molecular weight excluding hydrogens is 157 g/mol. The summed E-state index contributed by atoms with van der Waals surface area (Å²) in [6.07, 6.45) is -2.24. The Kier molecular flexibility index (Phi) is 4.09. The second-order valence-corrected chi connectivity index (χ2v) is 1.79. The number of esters is 1. The number of rotatable bonds is 4. The predicted octanol–water partition coefficient (Wildman–Crippen LogP) is 0.512. The number of halogens is 1. The van der Waals surface area contributed by atoms with Crippen molar-refractivity contribution < 1.29 is 18.8 Å². The van der Waals surface area contributed by atoms with Crippen molar-refractivity contribution >= 4 is 5.97 Å². The van der Waals surface area contributed by atoms with Gasteiger partial charge < -0.3 is 4.74 Å². The van der Waals surface area contributed by atoms with Crippen LogP contribution in [0, 0.1) is 10.1 Å². The highest BCUT2D eigenvalue weighted by Gasteiger charge is 2.29. The Morgan fingerprint density at radius 1 is 1.82 bits per heavy atom. The average molecular weight is 165 g/mol. The quantitative estimate of drug-likeness (QED) is 0.263. The molecule has 0 radical (unpaired) electrons. The first-order chi connectivity index (χ1) is 5.09. The Labute approximate surface area is 62.3 Å². The first kappa shape index (κ1) is 9.80. The monoisotopic (exact) mass is 165 g/mol. The van der Waals surface area contributed by atoms with Crippen LogP contribution in [0.4, 0.5) is 4.39 Å². The smallest absolute Gasteiger partial charge is 0.445 e. The van der Waals surface area contributed by atoms with Crippen LogP contribution in [0.2, 0.25) is 0 Å². The standard InChI is InChI=1S/C5H8FNO4/c1-2-3-11-5(8)4(6)7(9)10/h4H,2-3H2,1H3. The predicted molar refractivity (Wildman–Crippen MR) is 33.1 cm³/mol. The van der Waals surface area contributed by atoms with Gasteiger partial charge in [0.25, 0.3) is 0 Å². The van der Waals surface area contributed by atoms with Crippen LogP contribution >= 0.6 is 0 Å². The van der Waals surface area contributed by atoms with Gasteiger partial charge in [0.1, 0.15) is 0 Å². The van der Waals surface area contributed by atoms with Gasteiger partial charge >= 0.3 is 12.3 Å². The van der Waals surface area contributed by atoms with E-state index in [4.69, 9.17) is 0 Å².